The molecule has 0 radical (unpaired) electrons. The van der Waals surface area contributed by atoms with Gasteiger partial charge in [0.1, 0.15) is 0 Å². The number of aliphatic hydroxyl groups is 1. The van der Waals surface area contributed by atoms with Gasteiger partial charge in [0.15, 0.2) is 0 Å². The maximum atomic E-state index is 9.54. The lowest BCUT2D eigenvalue weighted by Crippen LogP contribution is -2.49. The van der Waals surface area contributed by atoms with Crippen LogP contribution in [0.2, 0.25) is 0 Å². The molecule has 4 heteroatoms. The van der Waals surface area contributed by atoms with E-state index in [1.165, 1.54) is 18.4 Å². The lowest BCUT2D eigenvalue weighted by atomic mass is 9.93. The first-order valence-corrected chi connectivity index (χ1v) is 6.76. The van der Waals surface area contributed by atoms with Gasteiger partial charge in [-0.2, -0.15) is 0 Å². The van der Waals surface area contributed by atoms with Gasteiger partial charge in [0, 0.05) is 24.5 Å². The van der Waals surface area contributed by atoms with Crippen molar-refractivity contribution >= 4 is 0 Å². The SMILES string of the molecule is CC(N)C(c1ccncc1)N1CCCCC1CO. The second kappa shape index (κ2) is 6.27. The molecule has 1 fully saturated rings. The third-order valence-corrected chi connectivity index (χ3v) is 3.79. The smallest absolute Gasteiger partial charge is 0.0587 e. The van der Waals surface area contributed by atoms with E-state index in [0.717, 1.165) is 13.0 Å². The summed E-state index contributed by atoms with van der Waals surface area (Å²) in [5, 5.41) is 9.54. The Morgan fingerprint density at radius 2 is 2.17 bits per heavy atom. The molecule has 1 aliphatic rings. The molecule has 1 aromatic heterocycles. The molecule has 0 aromatic carbocycles. The fourth-order valence-electron chi connectivity index (χ4n) is 2.94. The molecule has 2 rings (SSSR count). The third kappa shape index (κ3) is 2.88. The van der Waals surface area contributed by atoms with Crippen LogP contribution in [0.1, 0.15) is 37.8 Å². The van der Waals surface area contributed by atoms with Gasteiger partial charge in [-0.1, -0.05) is 6.42 Å². The largest absolute Gasteiger partial charge is 0.395 e. The molecular formula is C14H23N3O. The summed E-state index contributed by atoms with van der Waals surface area (Å²) in [6, 6.07) is 4.50. The second-order valence-corrected chi connectivity index (χ2v) is 5.15. The van der Waals surface area contributed by atoms with Crippen LogP contribution in [0.15, 0.2) is 24.5 Å². The Bertz CT molecular complexity index is 355. The second-order valence-electron chi connectivity index (χ2n) is 5.15. The number of hydrogen-bond acceptors (Lipinski definition) is 4. The third-order valence-electron chi connectivity index (χ3n) is 3.79. The van der Waals surface area contributed by atoms with Gasteiger partial charge in [-0.25, -0.2) is 0 Å². The highest BCUT2D eigenvalue weighted by atomic mass is 16.3. The van der Waals surface area contributed by atoms with Crippen molar-refractivity contribution in [3.63, 3.8) is 0 Å². The normalized spacial score (nSPS) is 24.7. The fraction of sp³-hybridized carbons (Fsp3) is 0.643. The molecule has 1 saturated heterocycles. The molecule has 3 unspecified atom stereocenters. The van der Waals surface area contributed by atoms with Crippen LogP contribution >= 0.6 is 0 Å². The predicted molar refractivity (Wildman–Crippen MR) is 72.1 cm³/mol. The maximum Gasteiger partial charge on any atom is 0.0587 e. The van der Waals surface area contributed by atoms with Gasteiger partial charge in [-0.05, 0) is 44.0 Å². The summed E-state index contributed by atoms with van der Waals surface area (Å²) in [6.45, 7) is 3.27. The first kappa shape index (κ1) is 13.5. The lowest BCUT2D eigenvalue weighted by Gasteiger charge is -2.42. The zero-order valence-corrected chi connectivity index (χ0v) is 11.0. The molecule has 2 heterocycles. The van der Waals surface area contributed by atoms with Gasteiger partial charge in [-0.15, -0.1) is 0 Å². The van der Waals surface area contributed by atoms with E-state index >= 15 is 0 Å². The number of aromatic nitrogens is 1. The molecule has 100 valence electrons. The predicted octanol–water partition coefficient (Wildman–Crippen LogP) is 1.32. The Morgan fingerprint density at radius 3 is 2.78 bits per heavy atom. The van der Waals surface area contributed by atoms with Crippen LogP contribution in [-0.2, 0) is 0 Å². The average Bonchev–Trinajstić information content (AvgIpc) is 2.40. The van der Waals surface area contributed by atoms with E-state index in [1.54, 1.807) is 0 Å². The summed E-state index contributed by atoms with van der Waals surface area (Å²) < 4.78 is 0. The Balaban J connectivity index is 2.24. The average molecular weight is 249 g/mol. The van der Waals surface area contributed by atoms with Crippen LogP contribution in [0.3, 0.4) is 0 Å². The molecule has 0 aliphatic carbocycles. The summed E-state index contributed by atoms with van der Waals surface area (Å²) in [4.78, 5) is 6.43. The van der Waals surface area contributed by atoms with Crippen molar-refractivity contribution in [3.8, 4) is 0 Å². The van der Waals surface area contributed by atoms with E-state index in [-0.39, 0.29) is 24.7 Å². The van der Waals surface area contributed by atoms with Crippen molar-refractivity contribution in [1.29, 1.82) is 0 Å². The monoisotopic (exact) mass is 249 g/mol. The highest BCUT2D eigenvalue weighted by Crippen LogP contribution is 2.30. The highest BCUT2D eigenvalue weighted by Gasteiger charge is 2.31. The Morgan fingerprint density at radius 1 is 1.44 bits per heavy atom. The number of nitrogens with two attached hydrogens (primary N) is 1. The zero-order valence-electron chi connectivity index (χ0n) is 11.0. The van der Waals surface area contributed by atoms with E-state index in [1.807, 2.05) is 31.5 Å². The topological polar surface area (TPSA) is 62.4 Å². The fourth-order valence-corrected chi connectivity index (χ4v) is 2.94. The minimum Gasteiger partial charge on any atom is -0.395 e. The number of likely N-dealkylation sites (tertiary alicyclic amines) is 1. The molecular weight excluding hydrogens is 226 g/mol. The molecule has 1 aromatic rings. The first-order chi connectivity index (χ1) is 8.74. The Kier molecular flexibility index (Phi) is 4.69. The summed E-state index contributed by atoms with van der Waals surface area (Å²) >= 11 is 0. The standard InChI is InChI=1S/C14H23N3O/c1-11(15)14(12-5-7-16-8-6-12)17-9-3-2-4-13(17)10-18/h5-8,11,13-14,18H,2-4,9-10,15H2,1H3. The van der Waals surface area contributed by atoms with Gasteiger partial charge >= 0.3 is 0 Å². The van der Waals surface area contributed by atoms with Crippen molar-refractivity contribution in [1.82, 2.24) is 9.88 Å². The van der Waals surface area contributed by atoms with Crippen molar-refractivity contribution < 1.29 is 5.11 Å². The van der Waals surface area contributed by atoms with Gasteiger partial charge in [-0.3, -0.25) is 9.88 Å². The summed E-state index contributed by atoms with van der Waals surface area (Å²) in [5.41, 5.74) is 7.37. The quantitative estimate of drug-likeness (QED) is 0.844. The molecule has 0 amide bonds. The first-order valence-electron chi connectivity index (χ1n) is 6.76. The van der Waals surface area contributed by atoms with Crippen LogP contribution in [0.5, 0.6) is 0 Å². The highest BCUT2D eigenvalue weighted by molar-refractivity contribution is 5.17. The van der Waals surface area contributed by atoms with E-state index in [9.17, 15) is 5.11 Å². The number of nitrogens with zero attached hydrogens (tertiary/aromatic N) is 2. The van der Waals surface area contributed by atoms with Gasteiger partial charge in [0.2, 0.25) is 0 Å². The number of aliphatic hydroxyl groups excluding tert-OH is 1. The van der Waals surface area contributed by atoms with E-state index < -0.39 is 0 Å². The molecule has 4 nitrogen and oxygen atoms in total. The lowest BCUT2D eigenvalue weighted by molar-refractivity contribution is 0.0444. The number of pyridine rings is 1. The molecule has 18 heavy (non-hydrogen) atoms. The Hall–Kier alpha value is -0.970. The summed E-state index contributed by atoms with van der Waals surface area (Å²) in [5.74, 6) is 0. The molecule has 3 N–H and O–H groups in total. The van der Waals surface area contributed by atoms with E-state index in [2.05, 4.69) is 9.88 Å². The van der Waals surface area contributed by atoms with Crippen molar-refractivity contribution in [2.45, 2.75) is 44.3 Å². The van der Waals surface area contributed by atoms with Crippen molar-refractivity contribution in [2.75, 3.05) is 13.2 Å². The van der Waals surface area contributed by atoms with Crippen molar-refractivity contribution in [2.24, 2.45) is 5.73 Å². The molecule has 1 aliphatic heterocycles. The zero-order chi connectivity index (χ0) is 13.0. The minimum absolute atomic E-state index is 0.0413. The van der Waals surface area contributed by atoms with Crippen molar-refractivity contribution in [3.05, 3.63) is 30.1 Å². The number of piperidine rings is 1. The Labute approximate surface area is 109 Å². The molecule has 0 bridgehead atoms. The number of rotatable bonds is 4. The van der Waals surface area contributed by atoms with Crippen LogP contribution in [0, 0.1) is 0 Å². The molecule has 0 spiro atoms. The van der Waals surface area contributed by atoms with Crippen LogP contribution < -0.4 is 5.73 Å². The molecule has 3 atom stereocenters. The maximum absolute atomic E-state index is 9.54. The number of hydrogen-bond donors (Lipinski definition) is 2. The van der Waals surface area contributed by atoms with Gasteiger partial charge < -0.3 is 10.8 Å². The van der Waals surface area contributed by atoms with Gasteiger partial charge in [0.25, 0.3) is 0 Å². The van der Waals surface area contributed by atoms with Gasteiger partial charge in [0.05, 0.1) is 12.6 Å². The molecule has 0 saturated carbocycles. The van der Waals surface area contributed by atoms with E-state index in [0.29, 0.717) is 0 Å². The van der Waals surface area contributed by atoms with Crippen LogP contribution in [0.25, 0.3) is 0 Å². The minimum atomic E-state index is 0.0413. The van der Waals surface area contributed by atoms with E-state index in [4.69, 9.17) is 5.73 Å². The van der Waals surface area contributed by atoms with Crippen LogP contribution in [-0.4, -0.2) is 40.2 Å². The summed E-state index contributed by atoms with van der Waals surface area (Å²) in [6.07, 6.45) is 7.06. The van der Waals surface area contributed by atoms with Crippen LogP contribution in [0.4, 0.5) is 0 Å². The summed E-state index contributed by atoms with van der Waals surface area (Å²) in [7, 11) is 0.